The molecule has 1 heterocycles. The normalized spacial score (nSPS) is 11.5. The number of aromatic carboxylic acids is 1. The van der Waals surface area contributed by atoms with Gasteiger partial charge in [0.05, 0.1) is 0 Å². The van der Waals surface area contributed by atoms with Crippen molar-refractivity contribution in [1.29, 1.82) is 0 Å². The monoisotopic (exact) mass is 263 g/mol. The van der Waals surface area contributed by atoms with Crippen molar-refractivity contribution in [3.05, 3.63) is 34.6 Å². The van der Waals surface area contributed by atoms with Gasteiger partial charge in [-0.05, 0) is 12.1 Å². The Morgan fingerprint density at radius 2 is 2.40 bits per heavy atom. The number of thioether (sulfide) groups is 1. The summed E-state index contributed by atoms with van der Waals surface area (Å²) in [5.74, 6) is -0.537. The van der Waals surface area contributed by atoms with Crippen LogP contribution in [0.1, 0.15) is 10.5 Å². The maximum Gasteiger partial charge on any atom is 0.354 e. The van der Waals surface area contributed by atoms with Crippen LogP contribution < -0.4 is 0 Å². The molecular formula is C9H7Cl2NO2S. The largest absolute Gasteiger partial charge is 0.477 e. The van der Waals surface area contributed by atoms with Crippen LogP contribution in [0.15, 0.2) is 33.8 Å². The third-order valence-electron chi connectivity index (χ3n) is 1.45. The van der Waals surface area contributed by atoms with E-state index in [0.717, 1.165) is 4.90 Å². The van der Waals surface area contributed by atoms with Crippen molar-refractivity contribution in [2.45, 2.75) is 4.90 Å². The summed E-state index contributed by atoms with van der Waals surface area (Å²) in [5, 5.41) is 9.21. The van der Waals surface area contributed by atoms with Crippen molar-refractivity contribution in [3.63, 3.8) is 0 Å². The summed E-state index contributed by atoms with van der Waals surface area (Å²) in [7, 11) is 0. The van der Waals surface area contributed by atoms with Crippen LogP contribution in [0, 0.1) is 0 Å². The van der Waals surface area contributed by atoms with Crippen molar-refractivity contribution in [2.75, 3.05) is 5.75 Å². The highest BCUT2D eigenvalue weighted by Gasteiger charge is 2.05. The molecule has 0 aliphatic rings. The van der Waals surface area contributed by atoms with Gasteiger partial charge in [0.25, 0.3) is 0 Å². The number of rotatable bonds is 4. The number of hydrogen-bond donors (Lipinski definition) is 1. The van der Waals surface area contributed by atoms with Gasteiger partial charge in [-0.2, -0.15) is 0 Å². The molecule has 0 bridgehead atoms. The number of pyridine rings is 1. The molecule has 0 saturated heterocycles. The van der Waals surface area contributed by atoms with Crippen molar-refractivity contribution in [1.82, 2.24) is 4.98 Å². The Labute approximate surface area is 101 Å². The topological polar surface area (TPSA) is 50.2 Å². The first kappa shape index (κ1) is 12.4. The third-order valence-corrected chi connectivity index (χ3v) is 3.26. The average Bonchev–Trinajstić information content (AvgIpc) is 2.26. The van der Waals surface area contributed by atoms with Gasteiger partial charge in [-0.1, -0.05) is 23.2 Å². The quantitative estimate of drug-likeness (QED) is 0.848. The van der Waals surface area contributed by atoms with Gasteiger partial charge in [-0.3, -0.25) is 0 Å². The summed E-state index contributed by atoms with van der Waals surface area (Å²) in [6.07, 6.45) is 1.45. The molecule has 80 valence electrons. The van der Waals surface area contributed by atoms with E-state index in [-0.39, 0.29) is 5.69 Å². The number of carbonyl (C=O) groups is 1. The maximum absolute atomic E-state index is 10.6. The molecule has 6 heteroatoms. The van der Waals surface area contributed by atoms with E-state index in [4.69, 9.17) is 28.3 Å². The molecule has 0 aliphatic heterocycles. The second kappa shape index (κ2) is 6.00. The van der Waals surface area contributed by atoms with Crippen molar-refractivity contribution in [2.24, 2.45) is 0 Å². The lowest BCUT2D eigenvalue weighted by molar-refractivity contribution is 0.0690. The minimum Gasteiger partial charge on any atom is -0.477 e. The van der Waals surface area contributed by atoms with Crippen LogP contribution in [0.2, 0.25) is 0 Å². The van der Waals surface area contributed by atoms with E-state index in [1.54, 1.807) is 6.07 Å². The molecule has 0 unspecified atom stereocenters. The van der Waals surface area contributed by atoms with Gasteiger partial charge in [0.15, 0.2) is 0 Å². The lowest BCUT2D eigenvalue weighted by atomic mass is 10.3. The van der Waals surface area contributed by atoms with Crippen molar-refractivity contribution in [3.8, 4) is 0 Å². The first-order chi connectivity index (χ1) is 7.13. The summed E-state index contributed by atoms with van der Waals surface area (Å²) in [6.45, 7) is 0. The lowest BCUT2D eigenvalue weighted by Crippen LogP contribution is -1.99. The van der Waals surface area contributed by atoms with Gasteiger partial charge < -0.3 is 5.11 Å². The molecule has 1 N–H and O–H groups in total. The summed E-state index contributed by atoms with van der Waals surface area (Å²) in [5.41, 5.74) is 1.30. The molecule has 0 fully saturated rings. The zero-order valence-corrected chi connectivity index (χ0v) is 9.81. The molecular weight excluding hydrogens is 257 g/mol. The molecule has 0 saturated carbocycles. The fraction of sp³-hybridized carbons (Fsp3) is 0.111. The fourth-order valence-corrected chi connectivity index (χ4v) is 1.87. The van der Waals surface area contributed by atoms with E-state index >= 15 is 0 Å². The molecule has 0 amide bonds. The second-order valence-corrected chi connectivity index (χ2v) is 4.28. The number of aromatic nitrogens is 1. The van der Waals surface area contributed by atoms with Crippen molar-refractivity contribution < 1.29 is 9.90 Å². The number of halogens is 2. The molecule has 0 atom stereocenters. The Hall–Kier alpha value is -0.710. The van der Waals surface area contributed by atoms with Crippen LogP contribution in [-0.4, -0.2) is 21.8 Å². The van der Waals surface area contributed by atoms with E-state index in [1.807, 2.05) is 0 Å². The number of carboxylic acids is 1. The summed E-state index contributed by atoms with van der Waals surface area (Å²) >= 11 is 12.5. The van der Waals surface area contributed by atoms with Crippen LogP contribution in [0.3, 0.4) is 0 Å². The molecule has 0 spiro atoms. The third kappa shape index (κ3) is 4.11. The molecule has 3 nitrogen and oxygen atoms in total. The number of carboxylic acid groups (broad SMARTS) is 1. The van der Waals surface area contributed by atoms with E-state index in [9.17, 15) is 4.79 Å². The Morgan fingerprint density at radius 3 is 3.00 bits per heavy atom. The number of hydrogen-bond acceptors (Lipinski definition) is 3. The van der Waals surface area contributed by atoms with Crippen LogP contribution in [0.4, 0.5) is 0 Å². The molecule has 0 aromatic carbocycles. The molecule has 15 heavy (non-hydrogen) atoms. The Kier molecular flexibility index (Phi) is 4.94. The highest BCUT2D eigenvalue weighted by Crippen LogP contribution is 2.22. The van der Waals surface area contributed by atoms with Gasteiger partial charge >= 0.3 is 5.97 Å². The molecule has 1 aromatic rings. The zero-order chi connectivity index (χ0) is 11.3. The van der Waals surface area contributed by atoms with Crippen LogP contribution in [0.25, 0.3) is 0 Å². The highest BCUT2D eigenvalue weighted by atomic mass is 35.5. The first-order valence-corrected chi connectivity index (χ1v) is 5.70. The average molecular weight is 264 g/mol. The Balaban J connectivity index is 2.70. The number of nitrogens with zero attached hydrogens (tertiary/aromatic N) is 1. The van der Waals surface area contributed by atoms with Crippen molar-refractivity contribution >= 4 is 40.9 Å². The molecule has 1 rings (SSSR count). The molecule has 1 aromatic heterocycles. The Morgan fingerprint density at radius 1 is 1.67 bits per heavy atom. The lowest BCUT2D eigenvalue weighted by Gasteiger charge is -2.00. The SMILES string of the molecule is O=C(O)c1cc(SCC(Cl)=CCl)ccn1. The van der Waals surface area contributed by atoms with Gasteiger partial charge in [0.1, 0.15) is 5.69 Å². The fourth-order valence-electron chi connectivity index (χ4n) is 0.802. The standard InChI is InChI=1S/C9H7Cl2NO2S/c10-4-6(11)5-15-7-1-2-12-8(3-7)9(13)14/h1-4H,5H2,(H,13,14). The minimum absolute atomic E-state index is 0.0194. The van der Waals surface area contributed by atoms with Gasteiger partial charge in [-0.25, -0.2) is 9.78 Å². The zero-order valence-electron chi connectivity index (χ0n) is 7.48. The summed E-state index contributed by atoms with van der Waals surface area (Å²) in [6, 6.07) is 3.21. The van der Waals surface area contributed by atoms with E-state index in [0.29, 0.717) is 10.8 Å². The minimum atomic E-state index is -1.04. The van der Waals surface area contributed by atoms with Crippen LogP contribution >= 0.6 is 35.0 Å². The second-order valence-electron chi connectivity index (χ2n) is 2.53. The summed E-state index contributed by atoms with van der Waals surface area (Å²) < 4.78 is 0. The molecule has 0 radical (unpaired) electrons. The van der Waals surface area contributed by atoms with E-state index < -0.39 is 5.97 Å². The van der Waals surface area contributed by atoms with Crippen LogP contribution in [-0.2, 0) is 0 Å². The van der Waals surface area contributed by atoms with E-state index in [1.165, 1.54) is 29.6 Å². The van der Waals surface area contributed by atoms with Gasteiger partial charge in [-0.15, -0.1) is 11.8 Å². The maximum atomic E-state index is 10.6. The summed E-state index contributed by atoms with van der Waals surface area (Å²) in [4.78, 5) is 15.1. The Bertz CT molecular complexity index is 395. The highest BCUT2D eigenvalue weighted by molar-refractivity contribution is 7.99. The predicted octanol–water partition coefficient (Wildman–Crippen LogP) is 3.19. The first-order valence-electron chi connectivity index (χ1n) is 3.90. The van der Waals surface area contributed by atoms with Crippen LogP contribution in [0.5, 0.6) is 0 Å². The molecule has 0 aliphatic carbocycles. The predicted molar refractivity (Wildman–Crippen MR) is 61.7 cm³/mol. The van der Waals surface area contributed by atoms with Gasteiger partial charge in [0, 0.05) is 27.4 Å². The van der Waals surface area contributed by atoms with E-state index in [2.05, 4.69) is 4.98 Å². The van der Waals surface area contributed by atoms with Gasteiger partial charge in [0.2, 0.25) is 0 Å². The smallest absolute Gasteiger partial charge is 0.354 e.